The lowest BCUT2D eigenvalue weighted by atomic mass is 9.91. The molecule has 0 aliphatic carbocycles. The summed E-state index contributed by atoms with van der Waals surface area (Å²) >= 11 is 0. The summed E-state index contributed by atoms with van der Waals surface area (Å²) in [5.74, 6) is 0.814. The Bertz CT molecular complexity index is 1240. The van der Waals surface area contributed by atoms with Crippen molar-refractivity contribution < 1.29 is 13.2 Å². The summed E-state index contributed by atoms with van der Waals surface area (Å²) in [5.41, 5.74) is 4.27. The number of aryl methyl sites for hydroxylation is 1. The number of para-hydroxylation sites is 2. The van der Waals surface area contributed by atoms with Gasteiger partial charge in [-0.25, -0.2) is 12.7 Å². The first-order valence-corrected chi connectivity index (χ1v) is 11.4. The highest BCUT2D eigenvalue weighted by Crippen LogP contribution is 2.52. The highest BCUT2D eigenvalue weighted by atomic mass is 32.2. The summed E-state index contributed by atoms with van der Waals surface area (Å²) < 4.78 is 34.7. The topological polar surface area (TPSA) is 49.9 Å². The number of rotatable bonds is 3. The van der Waals surface area contributed by atoms with Gasteiger partial charge < -0.3 is 9.64 Å². The zero-order chi connectivity index (χ0) is 21.1. The molecule has 0 spiro atoms. The van der Waals surface area contributed by atoms with Gasteiger partial charge >= 0.3 is 0 Å². The maximum Gasteiger partial charge on any atom is 0.266 e. The van der Waals surface area contributed by atoms with Crippen LogP contribution in [-0.4, -0.2) is 21.2 Å². The molecule has 0 amide bonds. The Morgan fingerprint density at radius 1 is 0.933 bits per heavy atom. The third-order valence-corrected chi connectivity index (χ3v) is 8.18. The summed E-state index contributed by atoms with van der Waals surface area (Å²) in [6.07, 6.45) is 0.589. The monoisotopic (exact) mass is 420 g/mol. The third-order valence-electron chi connectivity index (χ3n) is 6.24. The van der Waals surface area contributed by atoms with Crippen LogP contribution < -0.4 is 13.9 Å². The quantitative estimate of drug-likeness (QED) is 0.626. The molecule has 0 N–H and O–H groups in total. The van der Waals surface area contributed by atoms with E-state index in [9.17, 15) is 8.42 Å². The molecule has 0 radical (unpaired) electrons. The molecule has 154 valence electrons. The molecule has 1 unspecified atom stereocenters. The molecule has 0 aromatic heterocycles. The standard InChI is InChI=1S/C24H24N2O3S/c1-17-8-12-21(13-9-17)30(27,28)26-23-7-5-4-6-22(23)25-16-19-14-20(29-3)11-10-18(19)15-24(25,26)2/h4-14H,15-16H2,1-3H3. The largest absolute Gasteiger partial charge is 0.497 e. The molecule has 0 fully saturated rings. The van der Waals surface area contributed by atoms with Crippen molar-refractivity contribution in [2.45, 2.75) is 37.4 Å². The van der Waals surface area contributed by atoms with E-state index >= 15 is 0 Å². The molecule has 0 saturated heterocycles. The van der Waals surface area contributed by atoms with Crippen molar-refractivity contribution in [3.63, 3.8) is 0 Å². The Hall–Kier alpha value is -2.99. The lowest BCUT2D eigenvalue weighted by molar-refractivity contribution is 0.406. The van der Waals surface area contributed by atoms with Gasteiger partial charge in [0.2, 0.25) is 0 Å². The molecule has 1 atom stereocenters. The molecule has 30 heavy (non-hydrogen) atoms. The highest BCUT2D eigenvalue weighted by molar-refractivity contribution is 7.93. The first-order valence-electron chi connectivity index (χ1n) is 9.99. The number of sulfonamides is 1. The minimum Gasteiger partial charge on any atom is -0.497 e. The summed E-state index contributed by atoms with van der Waals surface area (Å²) in [6, 6.07) is 20.9. The number of ether oxygens (including phenoxy) is 1. The number of hydrogen-bond donors (Lipinski definition) is 0. The van der Waals surface area contributed by atoms with Crippen molar-refractivity contribution in [2.75, 3.05) is 16.3 Å². The van der Waals surface area contributed by atoms with Crippen LogP contribution in [0.5, 0.6) is 5.75 Å². The van der Waals surface area contributed by atoms with Crippen molar-refractivity contribution in [2.24, 2.45) is 0 Å². The molecule has 0 bridgehead atoms. The van der Waals surface area contributed by atoms with Gasteiger partial charge in [0.1, 0.15) is 11.4 Å². The highest BCUT2D eigenvalue weighted by Gasteiger charge is 2.53. The van der Waals surface area contributed by atoms with Gasteiger partial charge in [-0.3, -0.25) is 0 Å². The average molecular weight is 421 g/mol. The van der Waals surface area contributed by atoms with Gasteiger partial charge in [-0.2, -0.15) is 0 Å². The zero-order valence-corrected chi connectivity index (χ0v) is 18.1. The van der Waals surface area contributed by atoms with Crippen molar-refractivity contribution in [1.82, 2.24) is 0 Å². The van der Waals surface area contributed by atoms with Crippen LogP contribution in [0.15, 0.2) is 71.6 Å². The fourth-order valence-electron chi connectivity index (χ4n) is 4.70. The van der Waals surface area contributed by atoms with Gasteiger partial charge in [-0.1, -0.05) is 35.9 Å². The van der Waals surface area contributed by atoms with Crippen LogP contribution in [0.25, 0.3) is 0 Å². The van der Waals surface area contributed by atoms with Crippen LogP contribution in [0, 0.1) is 6.92 Å². The van der Waals surface area contributed by atoms with Crippen molar-refractivity contribution in [3.05, 3.63) is 83.4 Å². The van der Waals surface area contributed by atoms with Crippen LogP contribution in [0.3, 0.4) is 0 Å². The van der Waals surface area contributed by atoms with Gasteiger partial charge in [0.25, 0.3) is 10.0 Å². The molecule has 5 nitrogen and oxygen atoms in total. The van der Waals surface area contributed by atoms with E-state index in [2.05, 4.69) is 17.0 Å². The smallest absolute Gasteiger partial charge is 0.266 e. The Labute approximate surface area is 177 Å². The van der Waals surface area contributed by atoms with Crippen molar-refractivity contribution in [3.8, 4) is 5.75 Å². The van der Waals surface area contributed by atoms with Crippen LogP contribution in [0.4, 0.5) is 11.4 Å². The van der Waals surface area contributed by atoms with E-state index in [1.807, 2.05) is 56.3 Å². The van der Waals surface area contributed by atoms with E-state index < -0.39 is 15.7 Å². The van der Waals surface area contributed by atoms with Crippen molar-refractivity contribution >= 4 is 21.4 Å². The average Bonchev–Trinajstić information content (AvgIpc) is 3.00. The molecule has 0 saturated carbocycles. The first kappa shape index (κ1) is 19.0. The summed E-state index contributed by atoms with van der Waals surface area (Å²) in [7, 11) is -2.08. The molecule has 2 aliphatic heterocycles. The van der Waals surface area contributed by atoms with Gasteiger partial charge in [0, 0.05) is 13.0 Å². The molecule has 5 rings (SSSR count). The Kier molecular flexibility index (Phi) is 4.12. The van der Waals surface area contributed by atoms with Gasteiger partial charge in [0.15, 0.2) is 0 Å². The number of benzene rings is 3. The van der Waals surface area contributed by atoms with E-state index in [1.165, 1.54) is 0 Å². The lowest BCUT2D eigenvalue weighted by Crippen LogP contribution is -2.60. The van der Waals surface area contributed by atoms with Crippen LogP contribution in [0.1, 0.15) is 23.6 Å². The SMILES string of the molecule is COc1ccc2c(c1)CN1c3ccccc3N(S(=O)(=O)c3ccc(C)cc3)C1(C)C2. The second-order valence-corrected chi connectivity index (χ2v) is 9.97. The predicted molar refractivity (Wildman–Crippen MR) is 119 cm³/mol. The van der Waals surface area contributed by atoms with Gasteiger partial charge in [-0.15, -0.1) is 0 Å². The minimum atomic E-state index is -3.75. The second-order valence-electron chi connectivity index (χ2n) is 8.19. The second kappa shape index (κ2) is 6.51. The van der Waals surface area contributed by atoms with Crippen LogP contribution in [-0.2, 0) is 23.0 Å². The van der Waals surface area contributed by atoms with E-state index in [0.717, 1.165) is 33.8 Å². The van der Waals surface area contributed by atoms with Crippen molar-refractivity contribution in [1.29, 1.82) is 0 Å². The third kappa shape index (κ3) is 2.63. The molecule has 3 aromatic carbocycles. The molecule has 6 heteroatoms. The molecule has 2 heterocycles. The number of nitrogens with zero attached hydrogens (tertiary/aromatic N) is 2. The Morgan fingerprint density at radius 2 is 1.63 bits per heavy atom. The summed E-state index contributed by atoms with van der Waals surface area (Å²) in [4.78, 5) is 2.52. The number of fused-ring (bicyclic) bond motifs is 4. The number of anilines is 2. The molecular weight excluding hydrogens is 396 g/mol. The number of methoxy groups -OCH3 is 1. The first-order chi connectivity index (χ1) is 14.3. The molecule has 2 aliphatic rings. The van der Waals surface area contributed by atoms with E-state index in [1.54, 1.807) is 23.5 Å². The summed E-state index contributed by atoms with van der Waals surface area (Å²) in [6.45, 7) is 4.60. The predicted octanol–water partition coefficient (Wildman–Crippen LogP) is 4.49. The van der Waals surface area contributed by atoms with Gasteiger partial charge in [0.05, 0.1) is 23.4 Å². The molecule has 3 aromatic rings. The maximum absolute atomic E-state index is 13.9. The molecular formula is C24H24N2O3S. The Morgan fingerprint density at radius 3 is 2.33 bits per heavy atom. The fraction of sp³-hybridized carbons (Fsp3) is 0.250. The van der Waals surface area contributed by atoms with E-state index in [4.69, 9.17) is 4.74 Å². The maximum atomic E-state index is 13.9. The summed E-state index contributed by atoms with van der Waals surface area (Å²) in [5, 5.41) is 0. The fourth-order valence-corrected chi connectivity index (χ4v) is 6.48. The minimum absolute atomic E-state index is 0.312. The van der Waals surface area contributed by atoms with E-state index in [0.29, 0.717) is 17.9 Å². The van der Waals surface area contributed by atoms with Crippen LogP contribution in [0.2, 0.25) is 0 Å². The number of hydrogen-bond acceptors (Lipinski definition) is 4. The Balaban J connectivity index is 1.69. The van der Waals surface area contributed by atoms with Gasteiger partial charge in [-0.05, 0) is 61.4 Å². The zero-order valence-electron chi connectivity index (χ0n) is 17.3. The van der Waals surface area contributed by atoms with E-state index in [-0.39, 0.29) is 0 Å². The normalized spacial score (nSPS) is 19.8. The lowest BCUT2D eigenvalue weighted by Gasteiger charge is -2.46. The van der Waals surface area contributed by atoms with Crippen LogP contribution >= 0.6 is 0 Å².